The number of likely N-dealkylation sites (tertiary alicyclic amines) is 1. The van der Waals surface area contributed by atoms with Crippen LogP contribution in [0.2, 0.25) is 0 Å². The highest BCUT2D eigenvalue weighted by Gasteiger charge is 2.61. The van der Waals surface area contributed by atoms with Gasteiger partial charge < -0.3 is 15.5 Å². The molecule has 2 atom stereocenters. The Morgan fingerprint density at radius 1 is 1.32 bits per heavy atom. The van der Waals surface area contributed by atoms with Gasteiger partial charge in [-0.15, -0.1) is 0 Å². The Morgan fingerprint density at radius 3 is 2.92 bits per heavy atom. The van der Waals surface area contributed by atoms with Crippen molar-refractivity contribution in [2.45, 2.75) is 51.1 Å². The predicted molar refractivity (Wildman–Crippen MR) is 93.6 cm³/mol. The molecular formula is C19H26N4O2. The van der Waals surface area contributed by atoms with E-state index in [1.807, 2.05) is 17.0 Å². The van der Waals surface area contributed by atoms with Crippen molar-refractivity contribution in [1.29, 1.82) is 0 Å². The Kier molecular flexibility index (Phi) is 4.36. The van der Waals surface area contributed by atoms with Crippen molar-refractivity contribution >= 4 is 11.9 Å². The average Bonchev–Trinajstić information content (AvgIpc) is 2.96. The Balaban J connectivity index is 1.25. The summed E-state index contributed by atoms with van der Waals surface area (Å²) in [5.41, 5.74) is 1.03. The molecule has 6 heteroatoms. The molecule has 3 amide bonds. The maximum Gasteiger partial charge on any atom is 0.317 e. The summed E-state index contributed by atoms with van der Waals surface area (Å²) in [6.45, 7) is 2.01. The van der Waals surface area contributed by atoms with Gasteiger partial charge in [-0.2, -0.15) is 0 Å². The van der Waals surface area contributed by atoms with Crippen LogP contribution in [0, 0.1) is 11.3 Å². The van der Waals surface area contributed by atoms with Crippen molar-refractivity contribution in [3.63, 3.8) is 0 Å². The van der Waals surface area contributed by atoms with Crippen LogP contribution in [-0.2, 0) is 11.3 Å². The van der Waals surface area contributed by atoms with Crippen LogP contribution in [0.15, 0.2) is 24.5 Å². The Morgan fingerprint density at radius 2 is 2.16 bits per heavy atom. The fourth-order valence-electron chi connectivity index (χ4n) is 4.39. The number of hydrogen-bond acceptors (Lipinski definition) is 3. The Hall–Kier alpha value is -2.11. The minimum absolute atomic E-state index is 0.0199. The van der Waals surface area contributed by atoms with E-state index in [2.05, 4.69) is 15.6 Å². The van der Waals surface area contributed by atoms with Crippen molar-refractivity contribution in [2.75, 3.05) is 13.1 Å². The standard InChI is InChI=1S/C19H26N4O2/c24-17(21-12-14-4-3-8-20-11-14)16-10-19(16)7-9-23(13-19)18(25)22-15-5-1-2-6-15/h3-4,8,11,15-16H,1-2,5-7,9-10,12-13H2,(H,21,24)(H,22,25)/t16-,19+/m0/s1. The third-order valence-corrected chi connectivity index (χ3v) is 6.05. The van der Waals surface area contributed by atoms with Gasteiger partial charge in [0, 0.05) is 49.4 Å². The van der Waals surface area contributed by atoms with E-state index in [0.29, 0.717) is 12.6 Å². The summed E-state index contributed by atoms with van der Waals surface area (Å²) < 4.78 is 0. The minimum Gasteiger partial charge on any atom is -0.352 e. The van der Waals surface area contributed by atoms with Crippen LogP contribution < -0.4 is 10.6 Å². The zero-order chi connectivity index (χ0) is 17.3. The zero-order valence-corrected chi connectivity index (χ0v) is 14.5. The molecule has 1 saturated heterocycles. The molecule has 1 aliphatic heterocycles. The van der Waals surface area contributed by atoms with E-state index in [4.69, 9.17) is 0 Å². The van der Waals surface area contributed by atoms with Gasteiger partial charge >= 0.3 is 6.03 Å². The number of carbonyl (C=O) groups is 2. The van der Waals surface area contributed by atoms with E-state index in [1.54, 1.807) is 12.4 Å². The van der Waals surface area contributed by atoms with Crippen molar-refractivity contribution < 1.29 is 9.59 Å². The summed E-state index contributed by atoms with van der Waals surface area (Å²) >= 11 is 0. The summed E-state index contributed by atoms with van der Waals surface area (Å²) in [5, 5.41) is 6.17. The Labute approximate surface area is 148 Å². The predicted octanol–water partition coefficient (Wildman–Crippen LogP) is 2.06. The fraction of sp³-hybridized carbons (Fsp3) is 0.632. The number of nitrogens with zero attached hydrogens (tertiary/aromatic N) is 2. The lowest BCUT2D eigenvalue weighted by molar-refractivity contribution is -0.123. The third-order valence-electron chi connectivity index (χ3n) is 6.05. The first kappa shape index (κ1) is 16.4. The van der Waals surface area contributed by atoms with Crippen molar-refractivity contribution in [3.8, 4) is 0 Å². The fourth-order valence-corrected chi connectivity index (χ4v) is 4.39. The van der Waals surface area contributed by atoms with Gasteiger partial charge in [0.15, 0.2) is 0 Å². The zero-order valence-electron chi connectivity index (χ0n) is 14.5. The van der Waals surface area contributed by atoms with E-state index < -0.39 is 0 Å². The van der Waals surface area contributed by atoms with E-state index in [-0.39, 0.29) is 23.3 Å². The molecule has 1 spiro atoms. The molecule has 4 rings (SSSR count). The molecule has 6 nitrogen and oxygen atoms in total. The van der Waals surface area contributed by atoms with Crippen LogP contribution in [0.4, 0.5) is 4.79 Å². The SMILES string of the molecule is O=C(NCc1cccnc1)[C@@H]1C[C@@]12CCN(C(=O)NC1CCCC1)C2. The molecule has 2 N–H and O–H groups in total. The van der Waals surface area contributed by atoms with Gasteiger partial charge in [0.2, 0.25) is 5.91 Å². The Bertz CT molecular complexity index is 644. The first-order valence-electron chi connectivity index (χ1n) is 9.38. The molecule has 1 aromatic rings. The first-order valence-corrected chi connectivity index (χ1v) is 9.38. The number of carbonyl (C=O) groups excluding carboxylic acids is 2. The van der Waals surface area contributed by atoms with Crippen molar-refractivity contribution in [2.24, 2.45) is 11.3 Å². The smallest absolute Gasteiger partial charge is 0.317 e. The van der Waals surface area contributed by atoms with E-state index in [9.17, 15) is 9.59 Å². The summed E-state index contributed by atoms with van der Waals surface area (Å²) in [6.07, 6.45) is 9.98. The van der Waals surface area contributed by atoms with E-state index >= 15 is 0 Å². The molecule has 134 valence electrons. The molecular weight excluding hydrogens is 316 g/mol. The van der Waals surface area contributed by atoms with Crippen LogP contribution >= 0.6 is 0 Å². The number of pyridine rings is 1. The van der Waals surface area contributed by atoms with Gasteiger partial charge in [-0.25, -0.2) is 4.79 Å². The van der Waals surface area contributed by atoms with Crippen LogP contribution in [0.5, 0.6) is 0 Å². The normalized spacial score (nSPS) is 28.3. The van der Waals surface area contributed by atoms with E-state index in [0.717, 1.165) is 44.3 Å². The molecule has 3 aliphatic rings. The lowest BCUT2D eigenvalue weighted by Gasteiger charge is -2.20. The van der Waals surface area contributed by atoms with Crippen LogP contribution in [0.25, 0.3) is 0 Å². The second kappa shape index (κ2) is 6.65. The monoisotopic (exact) mass is 342 g/mol. The number of rotatable bonds is 4. The summed E-state index contributed by atoms with van der Waals surface area (Å²) in [4.78, 5) is 30.8. The van der Waals surface area contributed by atoms with Crippen LogP contribution in [0.3, 0.4) is 0 Å². The van der Waals surface area contributed by atoms with Gasteiger partial charge in [-0.3, -0.25) is 9.78 Å². The molecule has 0 unspecified atom stereocenters. The molecule has 3 fully saturated rings. The van der Waals surface area contributed by atoms with Crippen LogP contribution in [-0.4, -0.2) is 41.0 Å². The van der Waals surface area contributed by atoms with Gasteiger partial charge in [0.25, 0.3) is 0 Å². The summed E-state index contributed by atoms with van der Waals surface area (Å²) in [5.74, 6) is 0.162. The quantitative estimate of drug-likeness (QED) is 0.879. The lowest BCUT2D eigenvalue weighted by Crippen LogP contribution is -2.43. The number of nitrogens with one attached hydrogen (secondary N) is 2. The molecule has 2 aliphatic carbocycles. The average molecular weight is 342 g/mol. The topological polar surface area (TPSA) is 74.3 Å². The molecule has 0 radical (unpaired) electrons. The first-order chi connectivity index (χ1) is 12.2. The van der Waals surface area contributed by atoms with Crippen molar-refractivity contribution in [1.82, 2.24) is 20.5 Å². The minimum atomic E-state index is 0.0199. The molecule has 25 heavy (non-hydrogen) atoms. The molecule has 0 bridgehead atoms. The number of aromatic nitrogens is 1. The summed E-state index contributed by atoms with van der Waals surface area (Å²) in [7, 11) is 0. The number of urea groups is 1. The van der Waals surface area contributed by atoms with Gasteiger partial charge in [-0.05, 0) is 37.3 Å². The molecule has 0 aromatic carbocycles. The molecule has 2 heterocycles. The highest BCUT2D eigenvalue weighted by molar-refractivity contribution is 5.83. The highest BCUT2D eigenvalue weighted by Crippen LogP contribution is 2.58. The highest BCUT2D eigenvalue weighted by atomic mass is 16.2. The van der Waals surface area contributed by atoms with Gasteiger partial charge in [0.1, 0.15) is 0 Å². The van der Waals surface area contributed by atoms with Gasteiger partial charge in [-0.1, -0.05) is 18.9 Å². The van der Waals surface area contributed by atoms with Gasteiger partial charge in [0.05, 0.1) is 0 Å². The number of hydrogen-bond donors (Lipinski definition) is 2. The maximum atomic E-state index is 12.4. The number of amides is 3. The molecule has 1 aromatic heterocycles. The largest absolute Gasteiger partial charge is 0.352 e. The van der Waals surface area contributed by atoms with E-state index in [1.165, 1.54) is 12.8 Å². The second-order valence-corrected chi connectivity index (χ2v) is 7.80. The second-order valence-electron chi connectivity index (χ2n) is 7.80. The summed E-state index contributed by atoms with van der Waals surface area (Å²) in [6, 6.07) is 4.24. The third kappa shape index (κ3) is 3.48. The maximum absolute atomic E-state index is 12.4. The van der Waals surface area contributed by atoms with Crippen LogP contribution in [0.1, 0.15) is 44.1 Å². The van der Waals surface area contributed by atoms with Crippen molar-refractivity contribution in [3.05, 3.63) is 30.1 Å². The lowest BCUT2D eigenvalue weighted by atomic mass is 10.0. The molecule has 2 saturated carbocycles.